The van der Waals surface area contributed by atoms with Crippen LogP contribution in [-0.2, 0) is 28.7 Å². The van der Waals surface area contributed by atoms with Gasteiger partial charge in [0.05, 0.1) is 6.61 Å². The summed E-state index contributed by atoms with van der Waals surface area (Å²) in [6.45, 7) is 1.14. The molecule has 0 aliphatic carbocycles. The maximum absolute atomic E-state index is 13.8. The lowest BCUT2D eigenvalue weighted by Crippen LogP contribution is -2.74. The lowest BCUT2D eigenvalue weighted by molar-refractivity contribution is -0.169. The summed E-state index contributed by atoms with van der Waals surface area (Å²) in [5.41, 5.74) is 1.74. The van der Waals surface area contributed by atoms with Gasteiger partial charge in [0.25, 0.3) is 0 Å². The predicted molar refractivity (Wildman–Crippen MR) is 185 cm³/mol. The normalized spacial score (nSPS) is 20.6. The number of esters is 2. The molecule has 4 aromatic rings. The molecular weight excluding hydrogens is 641 g/mol. The molecule has 6 rings (SSSR count). The number of nitrogens with zero attached hydrogens (tertiary/aromatic N) is 1. The van der Waals surface area contributed by atoms with Gasteiger partial charge >= 0.3 is 11.9 Å². The lowest BCUT2D eigenvalue weighted by Gasteiger charge is -2.54. The lowest BCUT2D eigenvalue weighted by atomic mass is 9.87. The van der Waals surface area contributed by atoms with Crippen molar-refractivity contribution in [1.29, 1.82) is 0 Å². The van der Waals surface area contributed by atoms with Crippen molar-refractivity contribution in [3.63, 3.8) is 0 Å². The van der Waals surface area contributed by atoms with Crippen molar-refractivity contribution in [2.45, 2.75) is 37.0 Å². The average molecular weight is 679 g/mol. The van der Waals surface area contributed by atoms with Gasteiger partial charge in [0.1, 0.15) is 22.7 Å². The Labute approximate surface area is 289 Å². The zero-order valence-corrected chi connectivity index (χ0v) is 27.8. The van der Waals surface area contributed by atoms with Gasteiger partial charge in [-0.3, -0.25) is 19.2 Å². The quantitative estimate of drug-likeness (QED) is 0.121. The van der Waals surface area contributed by atoms with Crippen molar-refractivity contribution in [1.82, 2.24) is 10.2 Å². The molecule has 252 valence electrons. The van der Waals surface area contributed by atoms with E-state index >= 15 is 0 Å². The Morgan fingerprint density at radius 1 is 0.796 bits per heavy atom. The Balaban J connectivity index is 1.11. The summed E-state index contributed by atoms with van der Waals surface area (Å²) in [6.07, 6.45) is -1.23. The molecular formula is C39H38N2O7S. The van der Waals surface area contributed by atoms with E-state index in [9.17, 15) is 24.3 Å². The number of carbonyl (C=O) groups is 4. The number of nitrogens with one attached hydrogen (secondary N) is 1. The molecule has 2 aliphatic rings. The van der Waals surface area contributed by atoms with Gasteiger partial charge in [-0.05, 0) is 28.7 Å². The van der Waals surface area contributed by atoms with E-state index in [-0.39, 0.29) is 18.7 Å². The molecule has 3 unspecified atom stereocenters. The molecule has 4 aromatic carbocycles. The minimum Gasteiger partial charge on any atom is -0.452 e. The number of thioether (sulfide) groups is 1. The summed E-state index contributed by atoms with van der Waals surface area (Å²) in [5, 5.41) is 12.8. The molecule has 2 N–H and O–H groups in total. The standard InChI is InChI=1S/C39H38N2O7S/c1-2-30(37(45)47-32(26-15-7-3-8-16-26)27-17-9-4-10-18-27)34(43)40-31-35(44)41-23-39(24-42,25-49-36(31)41)38(46)48-33(28-19-11-5-12-20-28)29-21-13-6-14-22-29/h3-22,30-33,36,42H,2,23-25H2,1H3,(H,40,43)/t30?,31?,36-,39?/m1/s1. The van der Waals surface area contributed by atoms with Gasteiger partial charge in [-0.15, -0.1) is 11.8 Å². The Kier molecular flexibility index (Phi) is 10.5. The zero-order valence-electron chi connectivity index (χ0n) is 27.0. The van der Waals surface area contributed by atoms with Crippen LogP contribution in [0.2, 0.25) is 0 Å². The van der Waals surface area contributed by atoms with Gasteiger partial charge in [0, 0.05) is 12.3 Å². The number of ether oxygens (including phenoxy) is 2. The monoisotopic (exact) mass is 678 g/mol. The summed E-state index contributed by atoms with van der Waals surface area (Å²) in [4.78, 5) is 55.6. The molecule has 2 heterocycles. The summed E-state index contributed by atoms with van der Waals surface area (Å²) in [5.74, 6) is -3.25. The van der Waals surface area contributed by atoms with E-state index < -0.39 is 65.3 Å². The molecule has 0 spiro atoms. The third kappa shape index (κ3) is 7.11. The molecule has 10 heteroatoms. The Bertz CT molecular complexity index is 1680. The Morgan fingerprint density at radius 3 is 1.67 bits per heavy atom. The van der Waals surface area contributed by atoms with Gasteiger partial charge in [-0.25, -0.2) is 0 Å². The SMILES string of the molecule is CCC(C(=O)NC1C(=O)N2CC(CO)(C(=O)OC(c3ccccc3)c3ccccc3)CS[C@H]12)C(=O)OC(c1ccccc1)c1ccccc1. The van der Waals surface area contributed by atoms with E-state index in [1.54, 1.807) is 6.92 Å². The number of fused-ring (bicyclic) bond motifs is 1. The number of benzene rings is 4. The first kappa shape index (κ1) is 34.0. The van der Waals surface area contributed by atoms with Gasteiger partial charge in [0.2, 0.25) is 11.8 Å². The van der Waals surface area contributed by atoms with Gasteiger partial charge in [0.15, 0.2) is 12.2 Å². The first-order valence-corrected chi connectivity index (χ1v) is 17.3. The number of β-lactam (4-membered cyclic amide) rings is 1. The van der Waals surface area contributed by atoms with Crippen molar-refractivity contribution in [3.8, 4) is 0 Å². The molecule has 49 heavy (non-hydrogen) atoms. The van der Waals surface area contributed by atoms with Crippen LogP contribution in [0, 0.1) is 11.3 Å². The fourth-order valence-corrected chi connectivity index (χ4v) is 7.75. The Hall–Kier alpha value is -4.93. The van der Waals surface area contributed by atoms with E-state index in [0.717, 1.165) is 22.3 Å². The summed E-state index contributed by atoms with van der Waals surface area (Å²) in [7, 11) is 0. The van der Waals surface area contributed by atoms with Crippen LogP contribution in [0.1, 0.15) is 47.8 Å². The van der Waals surface area contributed by atoms with Crippen LogP contribution >= 0.6 is 11.8 Å². The highest BCUT2D eigenvalue weighted by Gasteiger charge is 2.58. The second kappa shape index (κ2) is 15.1. The van der Waals surface area contributed by atoms with E-state index in [0.29, 0.717) is 0 Å². The van der Waals surface area contributed by atoms with Gasteiger partial charge in [-0.1, -0.05) is 128 Å². The topological polar surface area (TPSA) is 122 Å². The number of hydrogen-bond donors (Lipinski definition) is 2. The highest BCUT2D eigenvalue weighted by molar-refractivity contribution is 8.00. The molecule has 2 amide bonds. The summed E-state index contributed by atoms with van der Waals surface area (Å²) in [6, 6.07) is 36.4. The third-order valence-corrected chi connectivity index (χ3v) is 10.6. The molecule has 0 radical (unpaired) electrons. The molecule has 0 saturated carbocycles. The number of aliphatic hydroxyl groups excluding tert-OH is 1. The fraction of sp³-hybridized carbons (Fsp3) is 0.282. The first-order valence-electron chi connectivity index (χ1n) is 16.3. The summed E-state index contributed by atoms with van der Waals surface area (Å²) < 4.78 is 12.0. The summed E-state index contributed by atoms with van der Waals surface area (Å²) >= 11 is 1.29. The highest BCUT2D eigenvalue weighted by Crippen LogP contribution is 2.43. The maximum Gasteiger partial charge on any atom is 0.319 e. The number of carbonyl (C=O) groups excluding carboxylic acids is 4. The number of amides is 2. The minimum absolute atomic E-state index is 0.0589. The molecule has 2 saturated heterocycles. The maximum atomic E-state index is 13.8. The first-order chi connectivity index (χ1) is 23.8. The average Bonchev–Trinajstić information content (AvgIpc) is 3.16. The second-order valence-corrected chi connectivity index (χ2v) is 13.4. The molecule has 2 aliphatic heterocycles. The second-order valence-electron chi connectivity index (χ2n) is 12.3. The van der Waals surface area contributed by atoms with E-state index in [1.807, 2.05) is 121 Å². The van der Waals surface area contributed by atoms with Crippen LogP contribution in [0.5, 0.6) is 0 Å². The minimum atomic E-state index is -1.35. The molecule has 9 nitrogen and oxygen atoms in total. The van der Waals surface area contributed by atoms with Crippen LogP contribution in [-0.4, -0.2) is 64.1 Å². The molecule has 0 aromatic heterocycles. The number of rotatable bonds is 12. The van der Waals surface area contributed by atoms with Crippen LogP contribution in [0.15, 0.2) is 121 Å². The van der Waals surface area contributed by atoms with Gasteiger partial charge < -0.3 is 24.8 Å². The van der Waals surface area contributed by atoms with E-state index in [1.165, 1.54) is 16.7 Å². The van der Waals surface area contributed by atoms with Crippen LogP contribution < -0.4 is 5.32 Å². The van der Waals surface area contributed by atoms with Gasteiger partial charge in [-0.2, -0.15) is 0 Å². The van der Waals surface area contributed by atoms with E-state index in [4.69, 9.17) is 9.47 Å². The highest BCUT2D eigenvalue weighted by atomic mass is 32.2. The smallest absolute Gasteiger partial charge is 0.319 e. The van der Waals surface area contributed by atoms with Crippen LogP contribution in [0.4, 0.5) is 0 Å². The molecule has 2 fully saturated rings. The van der Waals surface area contributed by atoms with Crippen LogP contribution in [0.3, 0.4) is 0 Å². The van der Waals surface area contributed by atoms with E-state index in [2.05, 4.69) is 5.32 Å². The van der Waals surface area contributed by atoms with Crippen LogP contribution in [0.25, 0.3) is 0 Å². The van der Waals surface area contributed by atoms with Crippen molar-refractivity contribution in [2.75, 3.05) is 18.9 Å². The fourth-order valence-electron chi connectivity index (χ4n) is 6.22. The largest absolute Gasteiger partial charge is 0.452 e. The molecule has 0 bridgehead atoms. The number of hydrogen-bond acceptors (Lipinski definition) is 8. The van der Waals surface area contributed by atoms with Crippen molar-refractivity contribution in [2.24, 2.45) is 11.3 Å². The van der Waals surface area contributed by atoms with Crippen molar-refractivity contribution in [3.05, 3.63) is 144 Å². The van der Waals surface area contributed by atoms with Crippen molar-refractivity contribution >= 4 is 35.5 Å². The zero-order chi connectivity index (χ0) is 34.4. The number of aliphatic hydroxyl groups is 1. The third-order valence-electron chi connectivity index (χ3n) is 9.06. The predicted octanol–water partition coefficient (Wildman–Crippen LogP) is 5.06. The Morgan fingerprint density at radius 2 is 1.24 bits per heavy atom. The van der Waals surface area contributed by atoms with Crippen molar-refractivity contribution < 1.29 is 33.8 Å². The molecule has 4 atom stereocenters.